The van der Waals surface area contributed by atoms with Crippen molar-refractivity contribution in [2.45, 2.75) is 139 Å². The van der Waals surface area contributed by atoms with Gasteiger partial charge in [0.25, 0.3) is 0 Å². The maximum atomic E-state index is 7.03. The fourth-order valence-electron chi connectivity index (χ4n) is 7.74. The molecule has 2 aromatic carbocycles. The van der Waals surface area contributed by atoms with Crippen LogP contribution in [-0.4, -0.2) is 69.4 Å². The zero-order valence-electron chi connectivity index (χ0n) is 27.5. The van der Waals surface area contributed by atoms with Crippen LogP contribution in [0.2, 0.25) is 18.1 Å². The SMILES string of the molecule is C=C1O[C@H]2C[C@H]3O[C@@]4(C)C[C@H](COCc5ccccc5)O[C@@H]4C[C@H](OCc4ccccc4)[C@@H]3O[C@@H]2C[C@@H]1O[Si](CC)(CC)CC. The van der Waals surface area contributed by atoms with Crippen LogP contribution in [-0.2, 0) is 46.1 Å². The molecule has 0 saturated carbocycles. The third-order valence-corrected chi connectivity index (χ3v) is 15.3. The van der Waals surface area contributed by atoms with Crippen molar-refractivity contribution in [1.29, 1.82) is 0 Å². The largest absolute Gasteiger partial charge is 0.490 e. The van der Waals surface area contributed by atoms with Crippen LogP contribution in [0.15, 0.2) is 73.0 Å². The minimum atomic E-state index is -1.84. The molecule has 0 radical (unpaired) electrons. The molecule has 8 heteroatoms. The van der Waals surface area contributed by atoms with Crippen LogP contribution in [0.4, 0.5) is 0 Å². The van der Waals surface area contributed by atoms with Crippen LogP contribution in [0.5, 0.6) is 0 Å². The highest BCUT2D eigenvalue weighted by molar-refractivity contribution is 6.73. The fraction of sp³-hybridized carbons (Fsp3) is 0.622. The standard InChI is InChI=1S/C37H52O7Si/c1-6-45(7-2,8-3)44-30-19-32-31(40-26(30)4)20-34-36(42-32)33(39-24-28-17-13-10-14-18-28)21-35-37(5,43-34)22-29(41-35)25-38-23-27-15-11-9-12-16-27/h9-18,29-36H,4,6-8,19-25H2,1-3,5H3/t29-,30+,31+,32-,33+,34-,35-,36+,37+/m1/s1. The molecule has 0 aliphatic carbocycles. The zero-order chi connectivity index (χ0) is 31.4. The monoisotopic (exact) mass is 636 g/mol. The van der Waals surface area contributed by atoms with Crippen LogP contribution < -0.4 is 0 Å². The van der Waals surface area contributed by atoms with Gasteiger partial charge >= 0.3 is 0 Å². The Morgan fingerprint density at radius 3 is 2.16 bits per heavy atom. The van der Waals surface area contributed by atoms with E-state index in [1.54, 1.807) is 0 Å². The highest BCUT2D eigenvalue weighted by Gasteiger charge is 2.57. The van der Waals surface area contributed by atoms with Gasteiger partial charge in [0.15, 0.2) is 8.32 Å². The normalized spacial score (nSPS) is 34.7. The summed E-state index contributed by atoms with van der Waals surface area (Å²) in [5.74, 6) is 0.736. The predicted octanol–water partition coefficient (Wildman–Crippen LogP) is 7.34. The Morgan fingerprint density at radius 1 is 0.822 bits per heavy atom. The van der Waals surface area contributed by atoms with E-state index >= 15 is 0 Å². The first-order valence-corrected chi connectivity index (χ1v) is 19.7. The second kappa shape index (κ2) is 14.4. The van der Waals surface area contributed by atoms with Gasteiger partial charge < -0.3 is 32.8 Å². The smallest absolute Gasteiger partial charge is 0.193 e. The van der Waals surface area contributed by atoms with E-state index in [0.29, 0.717) is 26.2 Å². The Hall–Kier alpha value is -2.04. The van der Waals surface area contributed by atoms with Crippen LogP contribution in [0.3, 0.4) is 0 Å². The van der Waals surface area contributed by atoms with E-state index in [1.807, 2.05) is 24.3 Å². The number of fused-ring (bicyclic) bond motifs is 3. The van der Waals surface area contributed by atoms with Gasteiger partial charge in [-0.3, -0.25) is 0 Å². The molecule has 6 rings (SSSR count). The van der Waals surface area contributed by atoms with Gasteiger partial charge in [-0.2, -0.15) is 0 Å². The molecule has 0 spiro atoms. The Morgan fingerprint density at radius 2 is 1.49 bits per heavy atom. The van der Waals surface area contributed by atoms with Crippen molar-refractivity contribution < 1.29 is 32.8 Å². The number of hydrogen-bond acceptors (Lipinski definition) is 7. The second-order valence-corrected chi connectivity index (χ2v) is 18.3. The van der Waals surface area contributed by atoms with Gasteiger partial charge in [0.1, 0.15) is 24.1 Å². The van der Waals surface area contributed by atoms with E-state index in [1.165, 1.54) is 0 Å². The fourth-order valence-corrected chi connectivity index (χ4v) is 10.6. The van der Waals surface area contributed by atoms with Crippen LogP contribution in [0.1, 0.15) is 64.5 Å². The lowest BCUT2D eigenvalue weighted by Crippen LogP contribution is -2.57. The summed E-state index contributed by atoms with van der Waals surface area (Å²) < 4.78 is 46.8. The van der Waals surface area contributed by atoms with Crippen molar-refractivity contribution in [3.63, 3.8) is 0 Å². The molecule has 2 aromatic rings. The topological polar surface area (TPSA) is 64.6 Å². The minimum Gasteiger partial charge on any atom is -0.490 e. The lowest BCUT2D eigenvalue weighted by molar-refractivity contribution is -0.247. The van der Waals surface area contributed by atoms with Crippen LogP contribution in [0, 0.1) is 0 Å². The van der Waals surface area contributed by atoms with E-state index in [0.717, 1.165) is 54.3 Å². The third kappa shape index (κ3) is 7.43. The Kier molecular flexibility index (Phi) is 10.5. The van der Waals surface area contributed by atoms with Crippen LogP contribution in [0.25, 0.3) is 0 Å². The van der Waals surface area contributed by atoms with Gasteiger partial charge in [-0.25, -0.2) is 0 Å². The number of benzene rings is 2. The molecule has 0 aromatic heterocycles. The van der Waals surface area contributed by atoms with Crippen LogP contribution >= 0.6 is 0 Å². The maximum Gasteiger partial charge on any atom is 0.193 e. The first-order chi connectivity index (χ1) is 21.8. The van der Waals surface area contributed by atoms with Crippen molar-refractivity contribution in [3.05, 3.63) is 84.1 Å². The Bertz CT molecular complexity index is 1230. The highest BCUT2D eigenvalue weighted by atomic mass is 28.4. The molecule has 0 bridgehead atoms. The van der Waals surface area contributed by atoms with Gasteiger partial charge in [-0.1, -0.05) is 88.0 Å². The third-order valence-electron chi connectivity index (χ3n) is 10.6. The van der Waals surface area contributed by atoms with Gasteiger partial charge in [-0.15, -0.1) is 0 Å². The molecule has 4 aliphatic heterocycles. The maximum absolute atomic E-state index is 7.03. The summed E-state index contributed by atoms with van der Waals surface area (Å²) in [5.41, 5.74) is 1.82. The molecule has 9 atom stereocenters. The number of rotatable bonds is 12. The van der Waals surface area contributed by atoms with E-state index < -0.39 is 13.9 Å². The van der Waals surface area contributed by atoms with Gasteiger partial charge in [0, 0.05) is 25.7 Å². The molecular formula is C37H52O7Si. The zero-order valence-corrected chi connectivity index (χ0v) is 28.5. The van der Waals surface area contributed by atoms with E-state index in [2.05, 4.69) is 70.7 Å². The van der Waals surface area contributed by atoms with Crippen molar-refractivity contribution in [3.8, 4) is 0 Å². The summed E-state index contributed by atoms with van der Waals surface area (Å²) >= 11 is 0. The molecular weight excluding hydrogens is 584 g/mol. The first kappa shape index (κ1) is 32.9. The number of hydrogen-bond donors (Lipinski definition) is 0. The second-order valence-electron chi connectivity index (χ2n) is 13.6. The summed E-state index contributed by atoms with van der Waals surface area (Å²) in [7, 11) is -1.84. The van der Waals surface area contributed by atoms with Crippen molar-refractivity contribution in [2.24, 2.45) is 0 Å². The van der Waals surface area contributed by atoms with Crippen molar-refractivity contribution >= 4 is 8.32 Å². The molecule has 0 N–H and O–H groups in total. The average molecular weight is 637 g/mol. The lowest BCUT2D eigenvalue weighted by atomic mass is 9.89. The Balaban J connectivity index is 1.17. The first-order valence-electron chi connectivity index (χ1n) is 17.1. The number of ether oxygens (including phenoxy) is 6. The molecule has 0 amide bonds. The van der Waals surface area contributed by atoms with E-state index in [4.69, 9.17) is 32.8 Å². The van der Waals surface area contributed by atoms with Gasteiger partial charge in [0.05, 0.1) is 55.9 Å². The van der Waals surface area contributed by atoms with Gasteiger partial charge in [0.2, 0.25) is 0 Å². The molecule has 4 saturated heterocycles. The summed E-state index contributed by atoms with van der Waals surface area (Å²) in [5, 5.41) is 0. The molecule has 4 fully saturated rings. The highest BCUT2D eigenvalue weighted by Crippen LogP contribution is 2.46. The van der Waals surface area contributed by atoms with Crippen molar-refractivity contribution in [1.82, 2.24) is 0 Å². The molecule has 7 nitrogen and oxygen atoms in total. The van der Waals surface area contributed by atoms with E-state index in [-0.39, 0.29) is 48.8 Å². The quantitative estimate of drug-likeness (QED) is 0.226. The average Bonchev–Trinajstić information content (AvgIpc) is 3.31. The summed E-state index contributed by atoms with van der Waals surface area (Å²) in [6.45, 7) is 14.9. The molecule has 246 valence electrons. The molecule has 45 heavy (non-hydrogen) atoms. The van der Waals surface area contributed by atoms with Gasteiger partial charge in [-0.05, 0) is 36.2 Å². The Labute approximate surface area is 270 Å². The van der Waals surface area contributed by atoms with E-state index in [9.17, 15) is 0 Å². The molecule has 4 aliphatic rings. The van der Waals surface area contributed by atoms with Crippen molar-refractivity contribution in [2.75, 3.05) is 6.61 Å². The lowest BCUT2D eigenvalue weighted by Gasteiger charge is -2.48. The predicted molar refractivity (Wildman–Crippen MR) is 176 cm³/mol. The molecule has 0 unspecified atom stereocenters. The molecule has 4 heterocycles. The minimum absolute atomic E-state index is 0.0453. The summed E-state index contributed by atoms with van der Waals surface area (Å²) in [6.07, 6.45) is 1.80. The summed E-state index contributed by atoms with van der Waals surface area (Å²) in [4.78, 5) is 0. The summed E-state index contributed by atoms with van der Waals surface area (Å²) in [6, 6.07) is 23.9.